The van der Waals surface area contributed by atoms with E-state index in [2.05, 4.69) is 15.5 Å². The molecule has 1 atom stereocenters. The molecule has 1 fully saturated rings. The Bertz CT molecular complexity index is 563. The Kier molecular flexibility index (Phi) is 4.03. The number of nitrogens with zero attached hydrogens (tertiary/aromatic N) is 2. The van der Waals surface area contributed by atoms with Gasteiger partial charge in [0.2, 0.25) is 5.89 Å². The zero-order valence-electron chi connectivity index (χ0n) is 11.5. The molecular weight excluding hydrogens is 274 g/mol. The van der Waals surface area contributed by atoms with E-state index in [1.54, 1.807) is 0 Å². The third-order valence-electron chi connectivity index (χ3n) is 3.74. The Balaban J connectivity index is 1.62. The number of aromatic nitrogens is 2. The van der Waals surface area contributed by atoms with Crippen molar-refractivity contribution in [2.24, 2.45) is 5.92 Å². The summed E-state index contributed by atoms with van der Waals surface area (Å²) in [5.41, 5.74) is 1.13. The van der Waals surface area contributed by atoms with Gasteiger partial charge < -0.3 is 9.84 Å². The molecule has 0 aliphatic heterocycles. The van der Waals surface area contributed by atoms with Crippen LogP contribution in [0.5, 0.6) is 0 Å². The van der Waals surface area contributed by atoms with E-state index in [9.17, 15) is 0 Å². The molecule has 1 aromatic carbocycles. The van der Waals surface area contributed by atoms with E-state index in [0.717, 1.165) is 34.6 Å². The number of nitrogens with one attached hydrogen (secondary N) is 1. The molecule has 1 aromatic heterocycles. The minimum Gasteiger partial charge on any atom is -0.339 e. The second-order valence-electron chi connectivity index (χ2n) is 5.34. The van der Waals surface area contributed by atoms with Gasteiger partial charge in [0.1, 0.15) is 0 Å². The third kappa shape index (κ3) is 3.38. The molecule has 0 saturated heterocycles. The van der Waals surface area contributed by atoms with Gasteiger partial charge in [-0.05, 0) is 43.5 Å². The zero-order chi connectivity index (χ0) is 13.9. The number of hydrogen-bond donors (Lipinski definition) is 1. The maximum absolute atomic E-state index is 5.87. The van der Waals surface area contributed by atoms with Gasteiger partial charge in [0.15, 0.2) is 5.82 Å². The summed E-state index contributed by atoms with van der Waals surface area (Å²) in [6.45, 7) is 0. The molecule has 5 heteroatoms. The fourth-order valence-corrected chi connectivity index (χ4v) is 2.55. The SMILES string of the molecule is CNC(Cc1nc(Cc2ccc(Cl)cc2)no1)C1CC1. The highest BCUT2D eigenvalue weighted by Crippen LogP contribution is 2.33. The Labute approximate surface area is 123 Å². The van der Waals surface area contributed by atoms with Crippen LogP contribution < -0.4 is 5.32 Å². The van der Waals surface area contributed by atoms with E-state index in [-0.39, 0.29) is 0 Å². The van der Waals surface area contributed by atoms with Crippen LogP contribution in [0.15, 0.2) is 28.8 Å². The van der Waals surface area contributed by atoms with Crippen LogP contribution in [-0.2, 0) is 12.8 Å². The average molecular weight is 292 g/mol. The first-order valence-corrected chi connectivity index (χ1v) is 7.35. The van der Waals surface area contributed by atoms with Crippen LogP contribution in [-0.4, -0.2) is 23.2 Å². The molecule has 1 heterocycles. The van der Waals surface area contributed by atoms with Crippen LogP contribution >= 0.6 is 11.6 Å². The van der Waals surface area contributed by atoms with Crippen LogP contribution in [0.4, 0.5) is 0 Å². The van der Waals surface area contributed by atoms with Gasteiger partial charge in [0, 0.05) is 23.9 Å². The molecule has 1 unspecified atom stereocenters. The van der Waals surface area contributed by atoms with Gasteiger partial charge in [-0.15, -0.1) is 0 Å². The molecule has 0 spiro atoms. The summed E-state index contributed by atoms with van der Waals surface area (Å²) >= 11 is 5.87. The van der Waals surface area contributed by atoms with Crippen molar-refractivity contribution in [1.29, 1.82) is 0 Å². The number of rotatable bonds is 6. The summed E-state index contributed by atoms with van der Waals surface area (Å²) in [7, 11) is 1.99. The number of halogens is 1. The van der Waals surface area contributed by atoms with Gasteiger partial charge in [-0.1, -0.05) is 28.9 Å². The van der Waals surface area contributed by atoms with Gasteiger partial charge >= 0.3 is 0 Å². The lowest BCUT2D eigenvalue weighted by Crippen LogP contribution is -2.29. The number of hydrogen-bond acceptors (Lipinski definition) is 4. The van der Waals surface area contributed by atoms with E-state index < -0.39 is 0 Å². The first kappa shape index (κ1) is 13.6. The lowest BCUT2D eigenvalue weighted by Gasteiger charge is -2.11. The Morgan fingerprint density at radius 1 is 1.35 bits per heavy atom. The van der Waals surface area contributed by atoms with Crippen molar-refractivity contribution in [3.8, 4) is 0 Å². The van der Waals surface area contributed by atoms with E-state index in [1.807, 2.05) is 31.3 Å². The molecule has 3 rings (SSSR count). The monoisotopic (exact) mass is 291 g/mol. The molecule has 1 N–H and O–H groups in total. The molecule has 106 valence electrons. The fourth-order valence-electron chi connectivity index (χ4n) is 2.42. The Morgan fingerprint density at radius 2 is 2.10 bits per heavy atom. The summed E-state index contributed by atoms with van der Waals surface area (Å²) in [5.74, 6) is 2.22. The summed E-state index contributed by atoms with van der Waals surface area (Å²) < 4.78 is 5.34. The van der Waals surface area contributed by atoms with Gasteiger partial charge in [0.05, 0.1) is 0 Å². The van der Waals surface area contributed by atoms with Gasteiger partial charge in [-0.2, -0.15) is 4.98 Å². The molecular formula is C15H18ClN3O. The lowest BCUT2D eigenvalue weighted by molar-refractivity contribution is 0.349. The van der Waals surface area contributed by atoms with E-state index in [4.69, 9.17) is 16.1 Å². The minimum absolute atomic E-state index is 0.457. The van der Waals surface area contributed by atoms with Crippen LogP contribution in [0.3, 0.4) is 0 Å². The highest BCUT2D eigenvalue weighted by atomic mass is 35.5. The normalized spacial score (nSPS) is 16.3. The predicted octanol–water partition coefficient (Wildman–Crippen LogP) is 2.85. The standard InChI is InChI=1S/C15H18ClN3O/c1-17-13(11-4-5-11)9-15-18-14(19-20-15)8-10-2-6-12(16)7-3-10/h2-3,6-7,11,13,17H,4-5,8-9H2,1H3. The molecule has 0 bridgehead atoms. The van der Waals surface area contributed by atoms with Crippen molar-refractivity contribution < 1.29 is 4.52 Å². The molecule has 1 aliphatic carbocycles. The quantitative estimate of drug-likeness (QED) is 0.889. The highest BCUT2D eigenvalue weighted by molar-refractivity contribution is 6.30. The van der Waals surface area contributed by atoms with Crippen LogP contribution in [0, 0.1) is 5.92 Å². The minimum atomic E-state index is 0.457. The highest BCUT2D eigenvalue weighted by Gasteiger charge is 2.31. The smallest absolute Gasteiger partial charge is 0.228 e. The van der Waals surface area contributed by atoms with Gasteiger partial charge in [0.25, 0.3) is 0 Å². The Morgan fingerprint density at radius 3 is 2.75 bits per heavy atom. The van der Waals surface area contributed by atoms with Crippen molar-refractivity contribution in [2.45, 2.75) is 31.7 Å². The Hall–Kier alpha value is -1.39. The van der Waals surface area contributed by atoms with E-state index in [1.165, 1.54) is 12.8 Å². The molecule has 0 amide bonds. The molecule has 20 heavy (non-hydrogen) atoms. The molecule has 4 nitrogen and oxygen atoms in total. The maximum Gasteiger partial charge on any atom is 0.228 e. The average Bonchev–Trinajstić information content (AvgIpc) is 3.20. The second-order valence-corrected chi connectivity index (χ2v) is 5.78. The zero-order valence-corrected chi connectivity index (χ0v) is 12.2. The summed E-state index contributed by atoms with van der Waals surface area (Å²) in [5, 5.41) is 8.13. The molecule has 1 saturated carbocycles. The summed E-state index contributed by atoms with van der Waals surface area (Å²) in [4.78, 5) is 4.48. The maximum atomic E-state index is 5.87. The predicted molar refractivity (Wildman–Crippen MR) is 77.8 cm³/mol. The van der Waals surface area contributed by atoms with Crippen molar-refractivity contribution in [3.05, 3.63) is 46.6 Å². The van der Waals surface area contributed by atoms with Crippen molar-refractivity contribution >= 4 is 11.6 Å². The topological polar surface area (TPSA) is 51.0 Å². The number of likely N-dealkylation sites (N-methyl/N-ethyl adjacent to an activating group) is 1. The van der Waals surface area contributed by atoms with Crippen molar-refractivity contribution in [1.82, 2.24) is 15.5 Å². The molecule has 1 aliphatic rings. The van der Waals surface area contributed by atoms with Crippen molar-refractivity contribution in [3.63, 3.8) is 0 Å². The largest absolute Gasteiger partial charge is 0.339 e. The number of benzene rings is 1. The third-order valence-corrected chi connectivity index (χ3v) is 3.99. The van der Waals surface area contributed by atoms with Crippen molar-refractivity contribution in [2.75, 3.05) is 7.05 Å². The first-order chi connectivity index (χ1) is 9.74. The fraction of sp³-hybridized carbons (Fsp3) is 0.467. The van der Waals surface area contributed by atoms with Gasteiger partial charge in [-0.25, -0.2) is 0 Å². The summed E-state index contributed by atoms with van der Waals surface area (Å²) in [6.07, 6.45) is 4.09. The first-order valence-electron chi connectivity index (χ1n) is 6.98. The summed E-state index contributed by atoms with van der Waals surface area (Å²) in [6, 6.07) is 8.18. The van der Waals surface area contributed by atoms with Crippen LogP contribution in [0.2, 0.25) is 5.02 Å². The van der Waals surface area contributed by atoms with E-state index >= 15 is 0 Å². The van der Waals surface area contributed by atoms with Crippen LogP contribution in [0.25, 0.3) is 0 Å². The lowest BCUT2D eigenvalue weighted by atomic mass is 10.1. The van der Waals surface area contributed by atoms with E-state index in [0.29, 0.717) is 12.5 Å². The van der Waals surface area contributed by atoms with Crippen LogP contribution in [0.1, 0.15) is 30.1 Å². The van der Waals surface area contributed by atoms with Gasteiger partial charge in [-0.3, -0.25) is 0 Å². The molecule has 2 aromatic rings. The second kappa shape index (κ2) is 5.94. The molecule has 0 radical (unpaired) electrons.